The predicted octanol–water partition coefficient (Wildman–Crippen LogP) is 7.08. The SMILES string of the molecule is Cc1ccc(COc2ccc(Cl)cc2/C=C(\C#N)C(=O)Nc2ccc(Cl)c(Cl)c2)cc1. The monoisotopic (exact) mass is 470 g/mol. The van der Waals surface area contributed by atoms with Gasteiger partial charge in [0.2, 0.25) is 0 Å². The van der Waals surface area contributed by atoms with E-state index in [0.29, 0.717) is 38.7 Å². The Morgan fingerprint density at radius 3 is 2.45 bits per heavy atom. The molecule has 0 aliphatic carbocycles. The van der Waals surface area contributed by atoms with Gasteiger partial charge in [0.15, 0.2) is 0 Å². The first-order valence-electron chi connectivity index (χ1n) is 9.22. The molecule has 0 heterocycles. The number of nitriles is 1. The van der Waals surface area contributed by atoms with E-state index in [1.165, 1.54) is 12.1 Å². The molecule has 0 atom stereocenters. The molecular weight excluding hydrogens is 455 g/mol. The number of amides is 1. The first-order valence-corrected chi connectivity index (χ1v) is 10.3. The summed E-state index contributed by atoms with van der Waals surface area (Å²) in [6, 6.07) is 19.6. The molecule has 0 bridgehead atoms. The van der Waals surface area contributed by atoms with Crippen molar-refractivity contribution in [3.63, 3.8) is 0 Å². The fourth-order valence-corrected chi connectivity index (χ4v) is 3.16. The summed E-state index contributed by atoms with van der Waals surface area (Å²) in [4.78, 5) is 12.6. The minimum Gasteiger partial charge on any atom is -0.488 e. The van der Waals surface area contributed by atoms with Crippen LogP contribution in [0.25, 0.3) is 6.08 Å². The normalized spacial score (nSPS) is 11.0. The third kappa shape index (κ3) is 6.26. The standard InChI is InChI=1S/C24H17Cl3N2O2/c1-15-2-4-16(5-3-15)14-31-23-9-6-19(25)11-17(23)10-18(13-28)24(30)29-20-7-8-21(26)22(27)12-20/h2-12H,14H2,1H3,(H,29,30)/b18-10+. The van der Waals surface area contributed by atoms with Gasteiger partial charge in [0.25, 0.3) is 5.91 Å². The molecule has 0 saturated carbocycles. The van der Waals surface area contributed by atoms with Crippen LogP contribution in [0.1, 0.15) is 16.7 Å². The molecule has 156 valence electrons. The van der Waals surface area contributed by atoms with Gasteiger partial charge in [-0.25, -0.2) is 0 Å². The zero-order valence-electron chi connectivity index (χ0n) is 16.5. The van der Waals surface area contributed by atoms with Crippen molar-refractivity contribution < 1.29 is 9.53 Å². The highest BCUT2D eigenvalue weighted by molar-refractivity contribution is 6.42. The second-order valence-corrected chi connectivity index (χ2v) is 7.96. The lowest BCUT2D eigenvalue weighted by Crippen LogP contribution is -2.13. The quantitative estimate of drug-likeness (QED) is 0.308. The molecule has 0 fully saturated rings. The third-order valence-electron chi connectivity index (χ3n) is 4.33. The highest BCUT2D eigenvalue weighted by Crippen LogP contribution is 2.28. The summed E-state index contributed by atoms with van der Waals surface area (Å²) in [6.45, 7) is 2.35. The average Bonchev–Trinajstić information content (AvgIpc) is 2.75. The highest BCUT2D eigenvalue weighted by atomic mass is 35.5. The number of hydrogen-bond acceptors (Lipinski definition) is 3. The molecule has 7 heteroatoms. The molecule has 3 aromatic carbocycles. The van der Waals surface area contributed by atoms with E-state index in [4.69, 9.17) is 39.5 Å². The van der Waals surface area contributed by atoms with E-state index in [9.17, 15) is 10.1 Å². The van der Waals surface area contributed by atoms with Crippen LogP contribution in [-0.4, -0.2) is 5.91 Å². The van der Waals surface area contributed by atoms with Crippen LogP contribution in [0.3, 0.4) is 0 Å². The molecule has 3 rings (SSSR count). The highest BCUT2D eigenvalue weighted by Gasteiger charge is 2.13. The van der Waals surface area contributed by atoms with Crippen molar-refractivity contribution >= 4 is 52.5 Å². The van der Waals surface area contributed by atoms with Gasteiger partial charge in [-0.05, 0) is 55.0 Å². The van der Waals surface area contributed by atoms with Gasteiger partial charge in [0, 0.05) is 16.3 Å². The first kappa shape index (κ1) is 22.7. The largest absolute Gasteiger partial charge is 0.488 e. The minimum absolute atomic E-state index is 0.117. The van der Waals surface area contributed by atoms with Crippen LogP contribution >= 0.6 is 34.8 Å². The van der Waals surface area contributed by atoms with E-state index in [1.54, 1.807) is 30.3 Å². The Morgan fingerprint density at radius 1 is 1.03 bits per heavy atom. The number of carbonyl (C=O) groups is 1. The number of halogens is 3. The zero-order chi connectivity index (χ0) is 22.4. The Bertz CT molecular complexity index is 1180. The second kappa shape index (κ2) is 10.4. The Hall–Kier alpha value is -2.97. The lowest BCUT2D eigenvalue weighted by molar-refractivity contribution is -0.112. The van der Waals surface area contributed by atoms with Gasteiger partial charge in [0.1, 0.15) is 24.0 Å². The van der Waals surface area contributed by atoms with E-state index in [0.717, 1.165) is 11.1 Å². The van der Waals surface area contributed by atoms with Crippen LogP contribution in [0.4, 0.5) is 5.69 Å². The summed E-state index contributed by atoms with van der Waals surface area (Å²) >= 11 is 18.0. The molecular formula is C24H17Cl3N2O2. The van der Waals surface area contributed by atoms with Crippen molar-refractivity contribution in [1.29, 1.82) is 5.26 Å². The van der Waals surface area contributed by atoms with Crippen LogP contribution < -0.4 is 10.1 Å². The average molecular weight is 472 g/mol. The molecule has 0 aliphatic heterocycles. The predicted molar refractivity (Wildman–Crippen MR) is 126 cm³/mol. The van der Waals surface area contributed by atoms with Gasteiger partial charge in [-0.2, -0.15) is 5.26 Å². The van der Waals surface area contributed by atoms with Crippen molar-refractivity contribution in [1.82, 2.24) is 0 Å². The van der Waals surface area contributed by atoms with E-state index in [1.807, 2.05) is 37.3 Å². The molecule has 0 aliphatic rings. The molecule has 0 saturated heterocycles. The number of nitrogens with one attached hydrogen (secondary N) is 1. The number of nitrogens with zero attached hydrogens (tertiary/aromatic N) is 1. The van der Waals surface area contributed by atoms with Crippen molar-refractivity contribution in [3.8, 4) is 11.8 Å². The summed E-state index contributed by atoms with van der Waals surface area (Å²) in [7, 11) is 0. The number of carbonyl (C=O) groups excluding carboxylic acids is 1. The van der Waals surface area contributed by atoms with Crippen LogP contribution in [0.15, 0.2) is 66.2 Å². The Kier molecular flexibility index (Phi) is 7.59. The van der Waals surface area contributed by atoms with Gasteiger partial charge in [-0.15, -0.1) is 0 Å². The molecule has 0 spiro atoms. The zero-order valence-corrected chi connectivity index (χ0v) is 18.7. The van der Waals surface area contributed by atoms with Gasteiger partial charge in [-0.1, -0.05) is 64.6 Å². The minimum atomic E-state index is -0.592. The molecule has 0 aromatic heterocycles. The van der Waals surface area contributed by atoms with Gasteiger partial charge in [0.05, 0.1) is 10.0 Å². The van der Waals surface area contributed by atoms with Crippen LogP contribution in [0.2, 0.25) is 15.1 Å². The number of benzene rings is 3. The fraction of sp³-hybridized carbons (Fsp3) is 0.0833. The maximum Gasteiger partial charge on any atom is 0.266 e. The van der Waals surface area contributed by atoms with Crippen molar-refractivity contribution in [2.45, 2.75) is 13.5 Å². The number of anilines is 1. The lowest BCUT2D eigenvalue weighted by atomic mass is 10.1. The smallest absolute Gasteiger partial charge is 0.266 e. The topological polar surface area (TPSA) is 62.1 Å². The molecule has 0 unspecified atom stereocenters. The Labute approximate surface area is 195 Å². The van der Waals surface area contributed by atoms with Crippen LogP contribution in [0.5, 0.6) is 5.75 Å². The number of hydrogen-bond donors (Lipinski definition) is 1. The molecule has 1 N–H and O–H groups in total. The maximum absolute atomic E-state index is 12.6. The van der Waals surface area contributed by atoms with Crippen LogP contribution in [-0.2, 0) is 11.4 Å². The molecule has 0 radical (unpaired) electrons. The summed E-state index contributed by atoms with van der Waals surface area (Å²) < 4.78 is 5.91. The maximum atomic E-state index is 12.6. The number of ether oxygens (including phenoxy) is 1. The van der Waals surface area contributed by atoms with E-state index in [2.05, 4.69) is 5.32 Å². The first-order chi connectivity index (χ1) is 14.9. The Morgan fingerprint density at radius 2 is 1.77 bits per heavy atom. The summed E-state index contributed by atoms with van der Waals surface area (Å²) in [5.74, 6) is -0.0922. The Balaban J connectivity index is 1.82. The van der Waals surface area contributed by atoms with Crippen molar-refractivity contribution in [2.24, 2.45) is 0 Å². The number of rotatable bonds is 6. The molecule has 31 heavy (non-hydrogen) atoms. The second-order valence-electron chi connectivity index (χ2n) is 6.71. The fourth-order valence-electron chi connectivity index (χ4n) is 2.69. The summed E-state index contributed by atoms with van der Waals surface area (Å²) in [5, 5.41) is 13.3. The van der Waals surface area contributed by atoms with Gasteiger partial charge in [-0.3, -0.25) is 4.79 Å². The molecule has 3 aromatic rings. The lowest BCUT2D eigenvalue weighted by Gasteiger charge is -2.11. The van der Waals surface area contributed by atoms with Crippen molar-refractivity contribution in [3.05, 3.63) is 98.0 Å². The van der Waals surface area contributed by atoms with E-state index >= 15 is 0 Å². The molecule has 4 nitrogen and oxygen atoms in total. The molecule has 1 amide bonds. The van der Waals surface area contributed by atoms with E-state index in [-0.39, 0.29) is 5.57 Å². The van der Waals surface area contributed by atoms with Gasteiger partial charge >= 0.3 is 0 Å². The van der Waals surface area contributed by atoms with Gasteiger partial charge < -0.3 is 10.1 Å². The van der Waals surface area contributed by atoms with Crippen LogP contribution in [0, 0.1) is 18.3 Å². The summed E-state index contributed by atoms with van der Waals surface area (Å²) in [5.41, 5.74) is 2.97. The summed E-state index contributed by atoms with van der Waals surface area (Å²) in [6.07, 6.45) is 1.43. The van der Waals surface area contributed by atoms with E-state index < -0.39 is 5.91 Å². The third-order valence-corrected chi connectivity index (χ3v) is 5.30. The number of aryl methyl sites for hydroxylation is 1. The van der Waals surface area contributed by atoms with Crippen molar-refractivity contribution in [2.75, 3.05) is 5.32 Å².